The van der Waals surface area contributed by atoms with Crippen LogP contribution in [0.1, 0.15) is 11.1 Å². The van der Waals surface area contributed by atoms with Crippen LogP contribution in [0.4, 0.5) is 0 Å². The molecule has 2 aromatic heterocycles. The summed E-state index contributed by atoms with van der Waals surface area (Å²) in [5.41, 5.74) is 11.9. The van der Waals surface area contributed by atoms with Crippen molar-refractivity contribution in [3.63, 3.8) is 0 Å². The van der Waals surface area contributed by atoms with Gasteiger partial charge in [-0.3, -0.25) is 0 Å². The van der Waals surface area contributed by atoms with Crippen molar-refractivity contribution in [3.8, 4) is 56.9 Å². The summed E-state index contributed by atoms with van der Waals surface area (Å²) >= 11 is 0. The van der Waals surface area contributed by atoms with Gasteiger partial charge < -0.3 is 9.13 Å². The summed E-state index contributed by atoms with van der Waals surface area (Å²) in [4.78, 5) is 0. The number of aromatic nitrogens is 2. The summed E-state index contributed by atoms with van der Waals surface area (Å²) in [5.74, 6) is 0. The van der Waals surface area contributed by atoms with Crippen molar-refractivity contribution >= 4 is 43.6 Å². The molecule has 54 heavy (non-hydrogen) atoms. The zero-order valence-electron chi connectivity index (χ0n) is 29.1. The molecule has 0 aliphatic heterocycles. The number of para-hydroxylation sites is 4. The van der Waals surface area contributed by atoms with Gasteiger partial charge in [-0.15, -0.1) is 0 Å². The fourth-order valence-electron chi connectivity index (χ4n) is 8.37. The Morgan fingerprint density at radius 3 is 1.24 bits per heavy atom. The van der Waals surface area contributed by atoms with Gasteiger partial charge in [-0.1, -0.05) is 133 Å². The van der Waals surface area contributed by atoms with Crippen LogP contribution in [-0.2, 0) is 0 Å². The van der Waals surface area contributed by atoms with Gasteiger partial charge in [0.25, 0.3) is 0 Å². The van der Waals surface area contributed by atoms with E-state index >= 15 is 0 Å². The van der Waals surface area contributed by atoms with Crippen LogP contribution in [0.15, 0.2) is 182 Å². The highest BCUT2D eigenvalue weighted by Crippen LogP contribution is 2.50. The van der Waals surface area contributed by atoms with Gasteiger partial charge in [0.2, 0.25) is 0 Å². The Balaban J connectivity index is 1.53. The third kappa shape index (κ3) is 4.61. The molecule has 0 spiro atoms. The van der Waals surface area contributed by atoms with Crippen LogP contribution in [-0.4, -0.2) is 9.13 Å². The third-order valence-electron chi connectivity index (χ3n) is 10.6. The van der Waals surface area contributed by atoms with Gasteiger partial charge in [0.15, 0.2) is 0 Å². The van der Waals surface area contributed by atoms with Crippen molar-refractivity contribution in [1.82, 2.24) is 9.13 Å². The van der Waals surface area contributed by atoms with Crippen molar-refractivity contribution in [2.24, 2.45) is 0 Å². The van der Waals surface area contributed by atoms with E-state index in [4.69, 9.17) is 0 Å². The fraction of sp³-hybridized carbons (Fsp3) is 0. The predicted octanol–water partition coefficient (Wildman–Crippen LogP) is 12.6. The Morgan fingerprint density at radius 2 is 0.759 bits per heavy atom. The van der Waals surface area contributed by atoms with E-state index in [0.717, 1.165) is 82.8 Å². The van der Waals surface area contributed by atoms with Gasteiger partial charge in [0.1, 0.15) is 12.1 Å². The van der Waals surface area contributed by atoms with Crippen LogP contribution in [0.2, 0.25) is 0 Å². The molecule has 0 atom stereocenters. The molecule has 10 rings (SSSR count). The maximum Gasteiger partial charge on any atom is 0.100 e. The summed E-state index contributed by atoms with van der Waals surface area (Å²) < 4.78 is 4.69. The van der Waals surface area contributed by atoms with E-state index in [1.165, 1.54) is 0 Å². The van der Waals surface area contributed by atoms with Crippen LogP contribution in [0.3, 0.4) is 0 Å². The van der Waals surface area contributed by atoms with Crippen LogP contribution in [0, 0.1) is 22.7 Å². The van der Waals surface area contributed by atoms with Gasteiger partial charge in [0, 0.05) is 55.2 Å². The minimum atomic E-state index is 0.459. The van der Waals surface area contributed by atoms with Crippen molar-refractivity contribution in [2.75, 3.05) is 0 Å². The molecule has 0 radical (unpaired) electrons. The molecule has 0 saturated heterocycles. The number of hydrogen-bond donors (Lipinski definition) is 0. The largest absolute Gasteiger partial charge is 0.309 e. The molecule has 0 bridgehead atoms. The van der Waals surface area contributed by atoms with E-state index in [1.807, 2.05) is 72.8 Å². The first kappa shape index (κ1) is 31.1. The van der Waals surface area contributed by atoms with Crippen LogP contribution in [0.25, 0.3) is 88.4 Å². The van der Waals surface area contributed by atoms with E-state index < -0.39 is 0 Å². The first-order chi connectivity index (χ1) is 26.8. The highest BCUT2D eigenvalue weighted by molar-refractivity contribution is 6.26. The topological polar surface area (TPSA) is 57.4 Å². The Bertz CT molecular complexity index is 3010. The second kappa shape index (κ2) is 12.5. The Kier molecular flexibility index (Phi) is 7.22. The van der Waals surface area contributed by atoms with E-state index in [9.17, 15) is 10.5 Å². The zero-order chi connectivity index (χ0) is 36.2. The molecule has 0 aliphatic carbocycles. The standard InChI is InChI=1S/C50H30N4/c51-31-43-39(33-17-5-1-6-18-33)29-40(44(32-52)47(43)34-19-7-2-8-20-34)48-49-41(37-25-13-15-27-45(37)53(49)35-21-9-3-10-22-35)30-42-38-26-14-16-28-46(38)54(50(42)48)36-23-11-4-12-24-36/h1-30H. The fourth-order valence-corrected chi connectivity index (χ4v) is 8.37. The summed E-state index contributed by atoms with van der Waals surface area (Å²) in [6, 6.07) is 67.6. The van der Waals surface area contributed by atoms with Crippen LogP contribution >= 0.6 is 0 Å². The SMILES string of the molecule is N#Cc1c(-c2ccccc2)cc(-c2c3c(cc4c5ccccc5n(-c5ccccc5)c24)c2ccccc2n3-c2ccccc2)c(C#N)c1-c1ccccc1. The number of hydrogen-bond acceptors (Lipinski definition) is 2. The molecule has 8 aromatic carbocycles. The molecule has 0 aliphatic rings. The van der Waals surface area contributed by atoms with Gasteiger partial charge in [-0.2, -0.15) is 10.5 Å². The lowest BCUT2D eigenvalue weighted by Crippen LogP contribution is -2.03. The molecule has 4 nitrogen and oxygen atoms in total. The number of fused-ring (bicyclic) bond motifs is 6. The Labute approximate surface area is 312 Å². The van der Waals surface area contributed by atoms with E-state index in [0.29, 0.717) is 16.7 Å². The molecular formula is C50H30N4. The molecule has 0 amide bonds. The minimum absolute atomic E-state index is 0.459. The Hall–Kier alpha value is -7.66. The lowest BCUT2D eigenvalue weighted by atomic mass is 9.83. The molecule has 2 heterocycles. The molecule has 0 N–H and O–H groups in total. The average molecular weight is 687 g/mol. The molecule has 4 heteroatoms. The van der Waals surface area contributed by atoms with Crippen LogP contribution < -0.4 is 0 Å². The number of nitriles is 2. The Morgan fingerprint density at radius 1 is 0.352 bits per heavy atom. The lowest BCUT2D eigenvalue weighted by Gasteiger charge is -2.20. The maximum absolute atomic E-state index is 11.4. The average Bonchev–Trinajstić information content (AvgIpc) is 3.76. The van der Waals surface area contributed by atoms with Crippen molar-refractivity contribution in [3.05, 3.63) is 193 Å². The first-order valence-corrected chi connectivity index (χ1v) is 18.0. The molecule has 250 valence electrons. The second-order valence-corrected chi connectivity index (χ2v) is 13.5. The third-order valence-corrected chi connectivity index (χ3v) is 10.6. The van der Waals surface area contributed by atoms with Crippen molar-refractivity contribution < 1.29 is 0 Å². The zero-order valence-corrected chi connectivity index (χ0v) is 29.1. The van der Waals surface area contributed by atoms with Gasteiger partial charge in [-0.25, -0.2) is 0 Å². The molecular weight excluding hydrogens is 657 g/mol. The van der Waals surface area contributed by atoms with E-state index in [2.05, 4.69) is 130 Å². The quantitative estimate of drug-likeness (QED) is 0.181. The van der Waals surface area contributed by atoms with Gasteiger partial charge in [-0.05, 0) is 59.7 Å². The molecule has 0 saturated carbocycles. The maximum atomic E-state index is 11.4. The van der Waals surface area contributed by atoms with Crippen molar-refractivity contribution in [1.29, 1.82) is 10.5 Å². The minimum Gasteiger partial charge on any atom is -0.309 e. The summed E-state index contributed by atoms with van der Waals surface area (Å²) in [6.07, 6.45) is 0. The highest BCUT2D eigenvalue weighted by atomic mass is 15.0. The lowest BCUT2D eigenvalue weighted by molar-refractivity contribution is 1.16. The number of benzene rings is 8. The first-order valence-electron chi connectivity index (χ1n) is 18.0. The van der Waals surface area contributed by atoms with Crippen molar-refractivity contribution in [2.45, 2.75) is 0 Å². The molecule has 10 aromatic rings. The molecule has 0 unspecified atom stereocenters. The summed E-state index contributed by atoms with van der Waals surface area (Å²) in [5, 5.41) is 26.8. The van der Waals surface area contributed by atoms with E-state index in [1.54, 1.807) is 0 Å². The van der Waals surface area contributed by atoms with Gasteiger partial charge >= 0.3 is 0 Å². The predicted molar refractivity (Wildman–Crippen MR) is 221 cm³/mol. The van der Waals surface area contributed by atoms with Crippen LogP contribution in [0.5, 0.6) is 0 Å². The molecule has 0 fully saturated rings. The smallest absolute Gasteiger partial charge is 0.100 e. The number of rotatable bonds is 5. The van der Waals surface area contributed by atoms with E-state index in [-0.39, 0.29) is 0 Å². The summed E-state index contributed by atoms with van der Waals surface area (Å²) in [7, 11) is 0. The van der Waals surface area contributed by atoms with Gasteiger partial charge in [0.05, 0.1) is 33.2 Å². The monoisotopic (exact) mass is 686 g/mol. The number of nitrogens with zero attached hydrogens (tertiary/aromatic N) is 4. The highest BCUT2D eigenvalue weighted by Gasteiger charge is 2.29. The second-order valence-electron chi connectivity index (χ2n) is 13.5. The normalized spacial score (nSPS) is 11.3. The summed E-state index contributed by atoms with van der Waals surface area (Å²) in [6.45, 7) is 0.